The molecule has 0 aliphatic carbocycles. The largest absolute Gasteiger partial charge is 0.366 e. The zero-order valence-electron chi connectivity index (χ0n) is 13.3. The van der Waals surface area contributed by atoms with E-state index >= 15 is 0 Å². The van der Waals surface area contributed by atoms with E-state index in [9.17, 15) is 9.59 Å². The average Bonchev–Trinajstić information content (AvgIpc) is 3.23. The lowest BCUT2D eigenvalue weighted by Gasteiger charge is -2.20. The molecule has 2 amide bonds. The van der Waals surface area contributed by atoms with Gasteiger partial charge in [0.25, 0.3) is 11.8 Å². The molecule has 4 heteroatoms. The van der Waals surface area contributed by atoms with Gasteiger partial charge in [0.1, 0.15) is 5.70 Å². The number of hydrogen-bond acceptors (Lipinski definition) is 3. The Kier molecular flexibility index (Phi) is 3.65. The molecule has 0 atom stereocenters. The van der Waals surface area contributed by atoms with E-state index in [0.29, 0.717) is 17.0 Å². The highest BCUT2D eigenvalue weighted by atomic mass is 16.2. The van der Waals surface area contributed by atoms with Crippen molar-refractivity contribution < 1.29 is 9.59 Å². The van der Waals surface area contributed by atoms with Crippen LogP contribution >= 0.6 is 0 Å². The maximum absolute atomic E-state index is 13.1. The summed E-state index contributed by atoms with van der Waals surface area (Å²) in [4.78, 5) is 29.6. The fourth-order valence-electron chi connectivity index (χ4n) is 3.43. The minimum Gasteiger partial charge on any atom is -0.366 e. The Morgan fingerprint density at radius 3 is 1.92 bits per heavy atom. The maximum atomic E-state index is 13.1. The van der Waals surface area contributed by atoms with Crippen molar-refractivity contribution in [3.8, 4) is 0 Å². The number of imide groups is 1. The Morgan fingerprint density at radius 2 is 1.29 bits per heavy atom. The second-order valence-corrected chi connectivity index (χ2v) is 6.07. The molecule has 0 unspecified atom stereocenters. The zero-order valence-corrected chi connectivity index (χ0v) is 13.3. The number of para-hydroxylation sites is 1. The molecule has 0 N–H and O–H groups in total. The maximum Gasteiger partial charge on any atom is 0.282 e. The van der Waals surface area contributed by atoms with Crippen molar-refractivity contribution in [2.24, 2.45) is 0 Å². The summed E-state index contributed by atoms with van der Waals surface area (Å²) in [6, 6.07) is 18.6. The second kappa shape index (κ2) is 5.96. The first-order valence-corrected chi connectivity index (χ1v) is 8.26. The van der Waals surface area contributed by atoms with E-state index in [2.05, 4.69) is 4.90 Å². The van der Waals surface area contributed by atoms with Gasteiger partial charge >= 0.3 is 0 Å². The summed E-state index contributed by atoms with van der Waals surface area (Å²) in [6.07, 6.45) is 2.11. The molecule has 0 saturated carbocycles. The molecule has 2 aliphatic heterocycles. The van der Waals surface area contributed by atoms with E-state index < -0.39 is 0 Å². The number of carbonyl (C=O) groups excluding carboxylic acids is 2. The number of rotatable bonds is 3. The van der Waals surface area contributed by atoms with Gasteiger partial charge in [0.05, 0.1) is 11.3 Å². The van der Waals surface area contributed by atoms with E-state index in [1.165, 1.54) is 4.90 Å². The average molecular weight is 318 g/mol. The van der Waals surface area contributed by atoms with Gasteiger partial charge in [-0.25, -0.2) is 4.90 Å². The standard InChI is InChI=1S/C20H18N2O2/c23-19-17(15-9-3-1-4-10-15)18(21-13-7-8-14-21)20(24)22(19)16-11-5-2-6-12-16/h1-6,9-12H,7-8,13-14H2. The lowest BCUT2D eigenvalue weighted by atomic mass is 10.0. The van der Waals surface area contributed by atoms with Crippen molar-refractivity contribution in [2.45, 2.75) is 12.8 Å². The highest BCUT2D eigenvalue weighted by Crippen LogP contribution is 2.35. The minimum absolute atomic E-state index is 0.216. The van der Waals surface area contributed by atoms with Crippen molar-refractivity contribution in [1.29, 1.82) is 0 Å². The number of carbonyl (C=O) groups is 2. The summed E-state index contributed by atoms with van der Waals surface area (Å²) < 4.78 is 0. The summed E-state index contributed by atoms with van der Waals surface area (Å²) in [6.45, 7) is 1.65. The van der Waals surface area contributed by atoms with Crippen LogP contribution in [0.1, 0.15) is 18.4 Å². The summed E-state index contributed by atoms with van der Waals surface area (Å²) in [7, 11) is 0. The fourth-order valence-corrected chi connectivity index (χ4v) is 3.43. The minimum atomic E-state index is -0.237. The molecule has 4 nitrogen and oxygen atoms in total. The molecule has 24 heavy (non-hydrogen) atoms. The van der Waals surface area contributed by atoms with Crippen LogP contribution in [0.2, 0.25) is 0 Å². The van der Waals surface area contributed by atoms with Crippen LogP contribution in [-0.4, -0.2) is 29.8 Å². The van der Waals surface area contributed by atoms with E-state index in [0.717, 1.165) is 31.5 Å². The van der Waals surface area contributed by atoms with E-state index in [1.807, 2.05) is 48.5 Å². The van der Waals surface area contributed by atoms with Crippen LogP contribution in [0.25, 0.3) is 5.57 Å². The SMILES string of the molecule is O=C1C(c2ccccc2)=C(N2CCCC2)C(=O)N1c1ccccc1. The molecule has 0 aromatic heterocycles. The highest BCUT2D eigenvalue weighted by Gasteiger charge is 2.42. The van der Waals surface area contributed by atoms with Crippen LogP contribution in [0.3, 0.4) is 0 Å². The first kappa shape index (κ1) is 14.7. The quantitative estimate of drug-likeness (QED) is 0.817. The van der Waals surface area contributed by atoms with Gasteiger partial charge in [-0.2, -0.15) is 0 Å². The van der Waals surface area contributed by atoms with E-state index in [4.69, 9.17) is 0 Å². The third-order valence-corrected chi connectivity index (χ3v) is 4.56. The first-order chi connectivity index (χ1) is 11.8. The number of benzene rings is 2. The van der Waals surface area contributed by atoms with Crippen LogP contribution in [0, 0.1) is 0 Å². The fraction of sp³-hybridized carbons (Fsp3) is 0.200. The Hall–Kier alpha value is -2.88. The van der Waals surface area contributed by atoms with Crippen LogP contribution in [0.5, 0.6) is 0 Å². The number of likely N-dealkylation sites (tertiary alicyclic amines) is 1. The smallest absolute Gasteiger partial charge is 0.282 e. The summed E-state index contributed by atoms with van der Waals surface area (Å²) in [5.74, 6) is -0.453. The molecule has 2 aliphatic rings. The molecular weight excluding hydrogens is 300 g/mol. The molecule has 2 aromatic rings. The van der Waals surface area contributed by atoms with E-state index in [1.54, 1.807) is 12.1 Å². The summed E-state index contributed by atoms with van der Waals surface area (Å²) in [5, 5.41) is 0. The lowest BCUT2D eigenvalue weighted by molar-refractivity contribution is -0.120. The Morgan fingerprint density at radius 1 is 0.708 bits per heavy atom. The molecule has 1 fully saturated rings. The molecule has 0 radical (unpaired) electrons. The van der Waals surface area contributed by atoms with Crippen molar-refractivity contribution in [2.75, 3.05) is 18.0 Å². The van der Waals surface area contributed by atoms with Gasteiger partial charge in [-0.05, 0) is 30.5 Å². The Bertz CT molecular complexity index is 806. The Labute approximate surface area is 141 Å². The van der Waals surface area contributed by atoms with E-state index in [-0.39, 0.29) is 11.8 Å². The van der Waals surface area contributed by atoms with Gasteiger partial charge in [-0.15, -0.1) is 0 Å². The third-order valence-electron chi connectivity index (χ3n) is 4.56. The topological polar surface area (TPSA) is 40.6 Å². The van der Waals surface area contributed by atoms with Gasteiger partial charge in [-0.3, -0.25) is 9.59 Å². The van der Waals surface area contributed by atoms with Gasteiger partial charge in [0, 0.05) is 13.1 Å². The second-order valence-electron chi connectivity index (χ2n) is 6.07. The molecule has 0 bridgehead atoms. The normalized spacial score (nSPS) is 18.0. The number of nitrogens with zero attached hydrogens (tertiary/aromatic N) is 2. The van der Waals surface area contributed by atoms with Gasteiger partial charge < -0.3 is 4.90 Å². The Balaban J connectivity index is 1.84. The molecular formula is C20H18N2O2. The predicted molar refractivity (Wildman–Crippen MR) is 93.1 cm³/mol. The molecule has 1 saturated heterocycles. The summed E-state index contributed by atoms with van der Waals surface area (Å²) in [5.41, 5.74) is 2.49. The van der Waals surface area contributed by atoms with Gasteiger partial charge in [-0.1, -0.05) is 48.5 Å². The molecule has 2 aromatic carbocycles. The highest BCUT2D eigenvalue weighted by molar-refractivity contribution is 6.45. The van der Waals surface area contributed by atoms with Crippen LogP contribution < -0.4 is 4.90 Å². The van der Waals surface area contributed by atoms with Crippen LogP contribution in [-0.2, 0) is 9.59 Å². The van der Waals surface area contributed by atoms with Crippen molar-refractivity contribution >= 4 is 23.1 Å². The molecule has 2 heterocycles. The van der Waals surface area contributed by atoms with Gasteiger partial charge in [0.15, 0.2) is 0 Å². The molecule has 4 rings (SSSR count). The third kappa shape index (κ3) is 2.31. The zero-order chi connectivity index (χ0) is 16.5. The lowest BCUT2D eigenvalue weighted by Crippen LogP contribution is -2.34. The number of hydrogen-bond donors (Lipinski definition) is 0. The van der Waals surface area contributed by atoms with Crippen LogP contribution in [0.15, 0.2) is 66.4 Å². The molecule has 0 spiro atoms. The van der Waals surface area contributed by atoms with Crippen LogP contribution in [0.4, 0.5) is 5.69 Å². The number of amides is 2. The first-order valence-electron chi connectivity index (χ1n) is 8.26. The van der Waals surface area contributed by atoms with Crippen molar-refractivity contribution in [3.05, 3.63) is 71.9 Å². The summed E-state index contributed by atoms with van der Waals surface area (Å²) >= 11 is 0. The predicted octanol–water partition coefficient (Wildman–Crippen LogP) is 3.07. The van der Waals surface area contributed by atoms with Crippen molar-refractivity contribution in [1.82, 2.24) is 4.90 Å². The van der Waals surface area contributed by atoms with Crippen molar-refractivity contribution in [3.63, 3.8) is 0 Å². The number of anilines is 1. The van der Waals surface area contributed by atoms with Gasteiger partial charge in [0.2, 0.25) is 0 Å². The molecule has 120 valence electrons. The monoisotopic (exact) mass is 318 g/mol.